The Bertz CT molecular complexity index is 344. The quantitative estimate of drug-likeness (QED) is 0.859. The van der Waals surface area contributed by atoms with E-state index in [4.69, 9.17) is 10.2 Å². The fraction of sp³-hybridized carbons (Fsp3) is 0.429. The monoisotopic (exact) mass is 252 g/mol. The van der Waals surface area contributed by atoms with Crippen LogP contribution in [0.4, 0.5) is 0 Å². The lowest BCUT2D eigenvalue weighted by molar-refractivity contribution is 0.0681. The summed E-state index contributed by atoms with van der Waals surface area (Å²) >= 11 is 0. The fourth-order valence-corrected chi connectivity index (χ4v) is 1.04. The van der Waals surface area contributed by atoms with E-state index in [1.807, 2.05) is 0 Å². The van der Waals surface area contributed by atoms with Crippen LogP contribution in [0, 0.1) is 5.92 Å². The molecule has 0 aromatic heterocycles. The van der Waals surface area contributed by atoms with Gasteiger partial charge in [-0.3, -0.25) is 0 Å². The molecule has 0 amide bonds. The van der Waals surface area contributed by atoms with Crippen molar-refractivity contribution in [3.8, 4) is 0 Å². The Hall–Kier alpha value is -1.84. The van der Waals surface area contributed by atoms with Gasteiger partial charge >= 0.3 is 11.9 Å². The lowest BCUT2D eigenvalue weighted by atomic mass is 10.1. The highest BCUT2D eigenvalue weighted by Crippen LogP contribution is 2.04. The van der Waals surface area contributed by atoms with Crippen LogP contribution in [-0.2, 0) is 0 Å². The molecule has 100 valence electrons. The first-order chi connectivity index (χ1) is 8.42. The van der Waals surface area contributed by atoms with E-state index in [1.54, 1.807) is 0 Å². The van der Waals surface area contributed by atoms with Gasteiger partial charge in [0, 0.05) is 0 Å². The molecule has 1 rings (SSSR count). The Balaban J connectivity index is 0.000000411. The first-order valence-electron chi connectivity index (χ1n) is 5.98. The van der Waals surface area contributed by atoms with Crippen LogP contribution in [0.3, 0.4) is 0 Å². The molecule has 1 aromatic rings. The second kappa shape index (κ2) is 8.28. The van der Waals surface area contributed by atoms with Crippen molar-refractivity contribution in [1.29, 1.82) is 0 Å². The van der Waals surface area contributed by atoms with Crippen LogP contribution >= 0.6 is 0 Å². The lowest BCUT2D eigenvalue weighted by Crippen LogP contribution is -1.99. The third-order valence-electron chi connectivity index (χ3n) is 2.77. The van der Waals surface area contributed by atoms with Crippen LogP contribution in [0.5, 0.6) is 0 Å². The lowest BCUT2D eigenvalue weighted by Gasteiger charge is -1.98. The van der Waals surface area contributed by atoms with Crippen LogP contribution in [0.1, 0.15) is 54.3 Å². The normalized spacial score (nSPS) is 9.56. The summed E-state index contributed by atoms with van der Waals surface area (Å²) in [4.78, 5) is 20.7. The van der Waals surface area contributed by atoms with Crippen molar-refractivity contribution in [2.45, 2.75) is 33.6 Å². The Kier molecular flexibility index (Phi) is 7.43. The minimum atomic E-state index is -1.06. The van der Waals surface area contributed by atoms with Crippen LogP contribution in [0.15, 0.2) is 24.3 Å². The Morgan fingerprint density at radius 3 is 1.33 bits per heavy atom. The Morgan fingerprint density at radius 1 is 0.944 bits per heavy atom. The SMILES string of the molecule is CCC(C)CC.O=C(O)c1ccc(C(=O)O)cc1. The van der Waals surface area contributed by atoms with Crippen molar-refractivity contribution in [2.24, 2.45) is 5.92 Å². The van der Waals surface area contributed by atoms with Gasteiger partial charge in [-0.05, 0) is 30.2 Å². The van der Waals surface area contributed by atoms with Crippen molar-refractivity contribution in [3.63, 3.8) is 0 Å². The van der Waals surface area contributed by atoms with E-state index in [1.165, 1.54) is 37.1 Å². The van der Waals surface area contributed by atoms with Gasteiger partial charge in [0.2, 0.25) is 0 Å². The molecule has 0 unspecified atom stereocenters. The van der Waals surface area contributed by atoms with E-state index in [9.17, 15) is 9.59 Å². The van der Waals surface area contributed by atoms with Crippen LogP contribution in [0.2, 0.25) is 0 Å². The summed E-state index contributed by atoms with van der Waals surface area (Å²) in [5, 5.41) is 16.9. The Labute approximate surface area is 107 Å². The molecule has 0 aliphatic rings. The number of aromatic carboxylic acids is 2. The Morgan fingerprint density at radius 2 is 1.22 bits per heavy atom. The molecule has 1 aromatic carbocycles. The molecule has 0 aliphatic carbocycles. The molecule has 0 bridgehead atoms. The maximum atomic E-state index is 10.3. The number of rotatable bonds is 4. The number of hydrogen-bond donors (Lipinski definition) is 2. The third-order valence-corrected chi connectivity index (χ3v) is 2.77. The molecule has 0 spiro atoms. The fourth-order valence-electron chi connectivity index (χ4n) is 1.04. The molecule has 0 saturated carbocycles. The number of hydrogen-bond acceptors (Lipinski definition) is 2. The van der Waals surface area contributed by atoms with Gasteiger partial charge < -0.3 is 10.2 Å². The largest absolute Gasteiger partial charge is 0.478 e. The molecular weight excluding hydrogens is 232 g/mol. The van der Waals surface area contributed by atoms with Gasteiger partial charge in [-0.2, -0.15) is 0 Å². The smallest absolute Gasteiger partial charge is 0.335 e. The zero-order valence-electron chi connectivity index (χ0n) is 11.0. The summed E-state index contributed by atoms with van der Waals surface area (Å²) in [6, 6.07) is 5.02. The first kappa shape index (κ1) is 16.2. The predicted molar refractivity (Wildman–Crippen MR) is 70.1 cm³/mol. The zero-order valence-corrected chi connectivity index (χ0v) is 11.0. The highest BCUT2D eigenvalue weighted by Gasteiger charge is 2.04. The van der Waals surface area contributed by atoms with Crippen molar-refractivity contribution in [3.05, 3.63) is 35.4 Å². The average molecular weight is 252 g/mol. The summed E-state index contributed by atoms with van der Waals surface area (Å²) < 4.78 is 0. The minimum Gasteiger partial charge on any atom is -0.478 e. The average Bonchev–Trinajstić information content (AvgIpc) is 2.38. The highest BCUT2D eigenvalue weighted by molar-refractivity contribution is 5.91. The van der Waals surface area contributed by atoms with Gasteiger partial charge in [-0.25, -0.2) is 9.59 Å². The predicted octanol–water partition coefficient (Wildman–Crippen LogP) is 3.53. The van der Waals surface area contributed by atoms with Gasteiger partial charge in [0.1, 0.15) is 0 Å². The minimum absolute atomic E-state index is 0.0833. The maximum Gasteiger partial charge on any atom is 0.335 e. The molecule has 2 N–H and O–H groups in total. The summed E-state index contributed by atoms with van der Waals surface area (Å²) in [5.41, 5.74) is 0.167. The van der Waals surface area contributed by atoms with Crippen molar-refractivity contribution >= 4 is 11.9 Å². The van der Waals surface area contributed by atoms with E-state index in [-0.39, 0.29) is 11.1 Å². The topological polar surface area (TPSA) is 74.6 Å². The molecule has 4 nitrogen and oxygen atoms in total. The molecule has 0 aliphatic heterocycles. The number of carboxylic acids is 2. The van der Waals surface area contributed by atoms with Crippen LogP contribution in [-0.4, -0.2) is 22.2 Å². The van der Waals surface area contributed by atoms with E-state index >= 15 is 0 Å². The van der Waals surface area contributed by atoms with E-state index in [0.29, 0.717) is 0 Å². The van der Waals surface area contributed by atoms with E-state index < -0.39 is 11.9 Å². The summed E-state index contributed by atoms with van der Waals surface area (Å²) in [7, 11) is 0. The van der Waals surface area contributed by atoms with E-state index in [2.05, 4.69) is 20.8 Å². The van der Waals surface area contributed by atoms with Gasteiger partial charge in [0.15, 0.2) is 0 Å². The summed E-state index contributed by atoms with van der Waals surface area (Å²) in [6.45, 7) is 6.74. The zero-order chi connectivity index (χ0) is 14.1. The standard InChI is InChI=1S/C8H6O4.C6H14/c9-7(10)5-1-2-6(4-3-5)8(11)12;1-4-6(3)5-2/h1-4H,(H,9,10)(H,11,12);6H,4-5H2,1-3H3. The molecule has 0 fully saturated rings. The summed E-state index contributed by atoms with van der Waals surface area (Å²) in [5.74, 6) is -1.19. The van der Waals surface area contributed by atoms with Crippen LogP contribution < -0.4 is 0 Å². The number of carbonyl (C=O) groups is 2. The third kappa shape index (κ3) is 6.03. The first-order valence-corrected chi connectivity index (χ1v) is 5.98. The molecule has 4 heteroatoms. The van der Waals surface area contributed by atoms with E-state index in [0.717, 1.165) is 5.92 Å². The molecule has 18 heavy (non-hydrogen) atoms. The van der Waals surface area contributed by atoms with Gasteiger partial charge in [0.05, 0.1) is 11.1 Å². The molecular formula is C14H20O4. The second-order valence-corrected chi connectivity index (χ2v) is 4.11. The molecule has 0 heterocycles. The van der Waals surface area contributed by atoms with Crippen molar-refractivity contribution in [2.75, 3.05) is 0 Å². The molecule has 0 radical (unpaired) electrons. The molecule has 0 atom stereocenters. The van der Waals surface area contributed by atoms with Crippen molar-refractivity contribution in [1.82, 2.24) is 0 Å². The van der Waals surface area contributed by atoms with Gasteiger partial charge in [-0.1, -0.05) is 33.6 Å². The maximum absolute atomic E-state index is 10.3. The summed E-state index contributed by atoms with van der Waals surface area (Å²) in [6.07, 6.45) is 2.66. The van der Waals surface area contributed by atoms with Gasteiger partial charge in [-0.15, -0.1) is 0 Å². The van der Waals surface area contributed by atoms with Crippen LogP contribution in [0.25, 0.3) is 0 Å². The highest BCUT2D eigenvalue weighted by atomic mass is 16.4. The number of carboxylic acid groups (broad SMARTS) is 2. The van der Waals surface area contributed by atoms with Gasteiger partial charge in [0.25, 0.3) is 0 Å². The molecule has 0 saturated heterocycles. The van der Waals surface area contributed by atoms with Crippen molar-refractivity contribution < 1.29 is 19.8 Å². The second-order valence-electron chi connectivity index (χ2n) is 4.11. The number of benzene rings is 1.